The van der Waals surface area contributed by atoms with E-state index in [1.165, 1.54) is 270 Å². The van der Waals surface area contributed by atoms with Crippen molar-refractivity contribution < 1.29 is 24.5 Å². The van der Waals surface area contributed by atoms with Gasteiger partial charge in [0.25, 0.3) is 0 Å². The third-order valence-electron chi connectivity index (χ3n) is 14.9. The number of esters is 1. The van der Waals surface area contributed by atoms with E-state index in [-0.39, 0.29) is 18.5 Å². The van der Waals surface area contributed by atoms with Gasteiger partial charge < -0.3 is 20.3 Å². The monoisotopic (exact) mass is 1010 g/mol. The molecule has 424 valence electrons. The van der Waals surface area contributed by atoms with E-state index in [1.54, 1.807) is 6.08 Å². The van der Waals surface area contributed by atoms with Gasteiger partial charge in [-0.1, -0.05) is 307 Å². The fraction of sp³-hybridized carbons (Fsp3) is 0.879. The molecule has 0 aromatic carbocycles. The normalized spacial score (nSPS) is 12.8. The molecule has 0 radical (unpaired) electrons. The summed E-state index contributed by atoms with van der Waals surface area (Å²) in [5.74, 6) is -0.0558. The summed E-state index contributed by atoms with van der Waals surface area (Å²) < 4.78 is 5.49. The second-order valence-electron chi connectivity index (χ2n) is 22.1. The van der Waals surface area contributed by atoms with Crippen LogP contribution in [0.2, 0.25) is 0 Å². The van der Waals surface area contributed by atoms with Crippen LogP contribution in [0.5, 0.6) is 0 Å². The van der Waals surface area contributed by atoms with Gasteiger partial charge in [0.15, 0.2) is 0 Å². The van der Waals surface area contributed by atoms with E-state index in [9.17, 15) is 19.8 Å². The van der Waals surface area contributed by atoms with Crippen molar-refractivity contribution in [1.82, 2.24) is 5.32 Å². The fourth-order valence-corrected chi connectivity index (χ4v) is 9.96. The number of unbranched alkanes of at least 4 members (excludes halogenated alkanes) is 45. The van der Waals surface area contributed by atoms with Crippen LogP contribution in [0.3, 0.4) is 0 Å². The van der Waals surface area contributed by atoms with Crippen LogP contribution in [0.1, 0.15) is 348 Å². The molecule has 0 saturated heterocycles. The molecular weight excluding hydrogens is 887 g/mol. The highest BCUT2D eigenvalue weighted by atomic mass is 16.5. The molecule has 0 rings (SSSR count). The Morgan fingerprint density at radius 3 is 1.08 bits per heavy atom. The number of allylic oxidation sites excluding steroid dienone is 5. The number of hydrogen-bond donors (Lipinski definition) is 3. The Balaban J connectivity index is 3.34. The van der Waals surface area contributed by atoms with Gasteiger partial charge in [-0.3, -0.25) is 9.59 Å². The lowest BCUT2D eigenvalue weighted by Crippen LogP contribution is -2.45. The minimum Gasteiger partial charge on any atom is -0.466 e. The summed E-state index contributed by atoms with van der Waals surface area (Å²) in [6.07, 6.45) is 77.8. The smallest absolute Gasteiger partial charge is 0.305 e. The Labute approximate surface area is 449 Å². The molecule has 0 spiro atoms. The molecule has 3 N–H and O–H groups in total. The highest BCUT2D eigenvalue weighted by Crippen LogP contribution is 2.18. The minimum absolute atomic E-state index is 0.00990. The first kappa shape index (κ1) is 70.1. The summed E-state index contributed by atoms with van der Waals surface area (Å²) in [6, 6.07) is -0.624. The molecule has 0 aliphatic heterocycles. The molecule has 0 fully saturated rings. The largest absolute Gasteiger partial charge is 0.466 e. The molecule has 0 aromatic rings. The van der Waals surface area contributed by atoms with Gasteiger partial charge in [-0.05, 0) is 64.2 Å². The molecule has 0 saturated carbocycles. The Morgan fingerprint density at radius 1 is 0.389 bits per heavy atom. The van der Waals surface area contributed by atoms with Crippen molar-refractivity contribution in [3.63, 3.8) is 0 Å². The van der Waals surface area contributed by atoms with Crippen molar-refractivity contribution in [2.75, 3.05) is 13.2 Å². The summed E-state index contributed by atoms with van der Waals surface area (Å²) in [6.45, 7) is 4.88. The molecule has 1 amide bonds. The second kappa shape index (κ2) is 61.6. The average molecular weight is 1010 g/mol. The maximum atomic E-state index is 12.4. The van der Waals surface area contributed by atoms with Crippen LogP contribution in [-0.4, -0.2) is 47.4 Å². The second-order valence-corrected chi connectivity index (χ2v) is 22.1. The lowest BCUT2D eigenvalue weighted by atomic mass is 10.0. The van der Waals surface area contributed by atoms with E-state index < -0.39 is 12.1 Å². The van der Waals surface area contributed by atoms with E-state index in [4.69, 9.17) is 4.74 Å². The highest BCUT2D eigenvalue weighted by Gasteiger charge is 2.18. The molecular formula is C66H125NO5. The van der Waals surface area contributed by atoms with Gasteiger partial charge in [0.2, 0.25) is 5.91 Å². The first-order chi connectivity index (χ1) is 35.5. The van der Waals surface area contributed by atoms with E-state index in [1.807, 2.05) is 6.08 Å². The van der Waals surface area contributed by atoms with E-state index >= 15 is 0 Å². The molecule has 2 atom stereocenters. The van der Waals surface area contributed by atoms with Crippen molar-refractivity contribution in [3.8, 4) is 0 Å². The Hall–Kier alpha value is -1.92. The number of aliphatic hydroxyl groups excluding tert-OH is 2. The topological polar surface area (TPSA) is 95.9 Å². The maximum absolute atomic E-state index is 12.4. The van der Waals surface area contributed by atoms with Gasteiger partial charge in [0.1, 0.15) is 0 Å². The van der Waals surface area contributed by atoms with Crippen LogP contribution < -0.4 is 5.32 Å². The van der Waals surface area contributed by atoms with Crippen molar-refractivity contribution >= 4 is 11.9 Å². The van der Waals surface area contributed by atoms with Crippen LogP contribution in [0.15, 0.2) is 36.5 Å². The quantitative estimate of drug-likeness (QED) is 0.0320. The number of hydrogen-bond acceptors (Lipinski definition) is 5. The number of rotatable bonds is 60. The van der Waals surface area contributed by atoms with Crippen molar-refractivity contribution in [2.24, 2.45) is 0 Å². The number of nitrogens with one attached hydrogen (secondary N) is 1. The van der Waals surface area contributed by atoms with Gasteiger partial charge in [-0.25, -0.2) is 0 Å². The summed E-state index contributed by atoms with van der Waals surface area (Å²) in [4.78, 5) is 24.5. The Bertz CT molecular complexity index is 1170. The highest BCUT2D eigenvalue weighted by molar-refractivity contribution is 5.76. The van der Waals surface area contributed by atoms with Crippen LogP contribution in [-0.2, 0) is 14.3 Å². The molecule has 72 heavy (non-hydrogen) atoms. The van der Waals surface area contributed by atoms with Crippen LogP contribution in [0, 0.1) is 0 Å². The van der Waals surface area contributed by atoms with Crippen molar-refractivity contribution in [3.05, 3.63) is 36.5 Å². The lowest BCUT2D eigenvalue weighted by molar-refractivity contribution is -0.143. The summed E-state index contributed by atoms with van der Waals surface area (Å²) in [5, 5.41) is 23.0. The predicted molar refractivity (Wildman–Crippen MR) is 315 cm³/mol. The third kappa shape index (κ3) is 57.4. The molecule has 0 heterocycles. The summed E-state index contributed by atoms with van der Waals surface area (Å²) in [7, 11) is 0. The zero-order chi connectivity index (χ0) is 52.2. The summed E-state index contributed by atoms with van der Waals surface area (Å²) in [5.41, 5.74) is 0. The van der Waals surface area contributed by atoms with E-state index in [0.29, 0.717) is 19.4 Å². The zero-order valence-electron chi connectivity index (χ0n) is 48.4. The standard InChI is InChI=1S/C66H125NO5/c1-3-5-7-9-11-13-15-16-17-29-33-36-40-44-48-52-56-60-66(71)72-61-57-53-49-45-41-37-34-31-28-26-24-22-20-18-19-21-23-25-27-30-32-35-39-43-47-51-55-59-65(70)67-63(62-68)64(69)58-54-50-46-42-38-14-12-10-8-6-4-2/h11,13,16-17,54,58,63-64,68-69H,3-10,12,14-15,18-53,55-57,59-62H2,1-2H3,(H,67,70)/b13-11-,17-16-,58-54+. The van der Waals surface area contributed by atoms with Gasteiger partial charge in [0, 0.05) is 12.8 Å². The molecule has 0 aromatic heterocycles. The van der Waals surface area contributed by atoms with Crippen LogP contribution in [0.4, 0.5) is 0 Å². The van der Waals surface area contributed by atoms with Crippen molar-refractivity contribution in [1.29, 1.82) is 0 Å². The first-order valence-corrected chi connectivity index (χ1v) is 32.3. The van der Waals surface area contributed by atoms with Gasteiger partial charge >= 0.3 is 5.97 Å². The van der Waals surface area contributed by atoms with Gasteiger partial charge in [-0.15, -0.1) is 0 Å². The SMILES string of the molecule is CCCCC/C=C\C/C=C\CCCCCCCCCC(=O)OCCCCCCCCCCCCCCCCCCCCCCCCCCCCCC(=O)NC(CO)C(O)/C=C/CCCCCCCCCCC. The molecule has 6 heteroatoms. The van der Waals surface area contributed by atoms with Crippen molar-refractivity contribution in [2.45, 2.75) is 360 Å². The lowest BCUT2D eigenvalue weighted by Gasteiger charge is -2.20. The van der Waals surface area contributed by atoms with Crippen LogP contribution in [0.25, 0.3) is 0 Å². The molecule has 2 unspecified atom stereocenters. The average Bonchev–Trinajstić information content (AvgIpc) is 3.38. The fourth-order valence-electron chi connectivity index (χ4n) is 9.96. The maximum Gasteiger partial charge on any atom is 0.305 e. The number of amides is 1. The summed E-state index contributed by atoms with van der Waals surface area (Å²) >= 11 is 0. The number of aliphatic hydroxyl groups is 2. The number of carbonyl (C=O) groups excluding carboxylic acids is 2. The van der Waals surface area contributed by atoms with E-state index in [0.717, 1.165) is 51.4 Å². The minimum atomic E-state index is -0.841. The van der Waals surface area contributed by atoms with Gasteiger partial charge in [0.05, 0.1) is 25.4 Å². The Morgan fingerprint density at radius 2 is 0.694 bits per heavy atom. The molecule has 0 bridgehead atoms. The number of ether oxygens (including phenoxy) is 1. The molecule has 0 aliphatic carbocycles. The molecule has 0 aliphatic rings. The first-order valence-electron chi connectivity index (χ1n) is 32.3. The Kier molecular flexibility index (Phi) is 60.0. The predicted octanol–water partition coefficient (Wildman–Crippen LogP) is 20.4. The van der Waals surface area contributed by atoms with E-state index in [2.05, 4.69) is 43.5 Å². The third-order valence-corrected chi connectivity index (χ3v) is 14.9. The van der Waals surface area contributed by atoms with Gasteiger partial charge in [-0.2, -0.15) is 0 Å². The number of carbonyl (C=O) groups is 2. The molecule has 6 nitrogen and oxygen atoms in total. The van der Waals surface area contributed by atoms with Crippen LogP contribution >= 0.6 is 0 Å². The zero-order valence-corrected chi connectivity index (χ0v) is 48.4.